The van der Waals surface area contributed by atoms with E-state index in [1.165, 1.54) is 0 Å². The van der Waals surface area contributed by atoms with E-state index in [1.807, 2.05) is 24.4 Å². The molecule has 1 aromatic heterocycles. The van der Waals surface area contributed by atoms with Gasteiger partial charge < -0.3 is 4.74 Å². The molecule has 0 unspecified atom stereocenters. The molecular weight excluding hydrogens is 236 g/mol. The van der Waals surface area contributed by atoms with Crippen LogP contribution < -0.4 is 4.74 Å². The number of halogens is 1. The van der Waals surface area contributed by atoms with Gasteiger partial charge in [-0.05, 0) is 29.8 Å². The maximum Gasteiger partial charge on any atom is 0.151 e. The zero-order valence-corrected chi connectivity index (χ0v) is 10.0. The average molecular weight is 245 g/mol. The SMILES string of the molecule is CCOc1c(S)c(Cl)cc2ccsc12. The van der Waals surface area contributed by atoms with E-state index in [2.05, 4.69) is 12.6 Å². The topological polar surface area (TPSA) is 9.23 Å². The molecule has 4 heteroatoms. The molecule has 0 spiro atoms. The Hall–Kier alpha value is -0.380. The molecule has 0 amide bonds. The van der Waals surface area contributed by atoms with Crippen LogP contribution >= 0.6 is 35.6 Å². The third kappa shape index (κ3) is 1.60. The molecule has 0 fully saturated rings. The molecule has 0 atom stereocenters. The zero-order valence-electron chi connectivity index (χ0n) is 7.58. The standard InChI is InChI=1S/C10H9ClOS2/c1-2-12-8-9(13)7(11)5-6-3-4-14-10(6)8/h3-5,13H,2H2,1H3. The van der Waals surface area contributed by atoms with Crippen molar-refractivity contribution in [2.24, 2.45) is 0 Å². The molecular formula is C10H9ClOS2. The molecule has 2 aromatic rings. The Labute approximate surface area is 97.1 Å². The number of hydrogen-bond donors (Lipinski definition) is 1. The molecule has 0 N–H and O–H groups in total. The number of thiophene rings is 1. The van der Waals surface area contributed by atoms with Crippen molar-refractivity contribution in [2.45, 2.75) is 11.8 Å². The minimum absolute atomic E-state index is 0.626. The Kier molecular flexibility index (Phi) is 2.91. The maximum atomic E-state index is 6.03. The van der Waals surface area contributed by atoms with Crippen LogP contribution in [0.15, 0.2) is 22.4 Å². The van der Waals surface area contributed by atoms with E-state index in [1.54, 1.807) is 11.3 Å². The molecule has 0 saturated carbocycles. The van der Waals surface area contributed by atoms with E-state index in [4.69, 9.17) is 16.3 Å². The Bertz CT molecular complexity index is 464. The second-order valence-corrected chi connectivity index (χ2v) is 4.58. The molecule has 0 radical (unpaired) electrons. The summed E-state index contributed by atoms with van der Waals surface area (Å²) in [4.78, 5) is 0.725. The van der Waals surface area contributed by atoms with Gasteiger partial charge in [-0.2, -0.15) is 0 Å². The summed E-state index contributed by atoms with van der Waals surface area (Å²) < 4.78 is 6.65. The molecule has 0 saturated heterocycles. The van der Waals surface area contributed by atoms with Crippen molar-refractivity contribution in [3.05, 3.63) is 22.5 Å². The van der Waals surface area contributed by atoms with Crippen LogP contribution in [0.5, 0.6) is 5.75 Å². The largest absolute Gasteiger partial charge is 0.491 e. The molecule has 2 rings (SSSR count). The van der Waals surface area contributed by atoms with E-state index in [0.29, 0.717) is 11.6 Å². The van der Waals surface area contributed by atoms with Crippen molar-refractivity contribution in [3.8, 4) is 5.75 Å². The lowest BCUT2D eigenvalue weighted by molar-refractivity contribution is 0.337. The van der Waals surface area contributed by atoms with Gasteiger partial charge in [0.15, 0.2) is 5.75 Å². The number of benzene rings is 1. The van der Waals surface area contributed by atoms with Crippen molar-refractivity contribution in [3.63, 3.8) is 0 Å². The van der Waals surface area contributed by atoms with Crippen LogP contribution in [0.25, 0.3) is 10.1 Å². The monoisotopic (exact) mass is 244 g/mol. The van der Waals surface area contributed by atoms with Gasteiger partial charge in [-0.3, -0.25) is 0 Å². The summed E-state index contributed by atoms with van der Waals surface area (Å²) >= 11 is 12.0. The van der Waals surface area contributed by atoms with Crippen LogP contribution in [0.1, 0.15) is 6.92 Å². The van der Waals surface area contributed by atoms with Crippen LogP contribution in [0.2, 0.25) is 5.02 Å². The third-order valence-electron chi connectivity index (χ3n) is 1.91. The van der Waals surface area contributed by atoms with E-state index < -0.39 is 0 Å². The van der Waals surface area contributed by atoms with Gasteiger partial charge in [0, 0.05) is 0 Å². The summed E-state index contributed by atoms with van der Waals surface area (Å²) in [5, 5.41) is 3.78. The van der Waals surface area contributed by atoms with Gasteiger partial charge in [-0.25, -0.2) is 0 Å². The highest BCUT2D eigenvalue weighted by atomic mass is 35.5. The molecule has 1 aromatic carbocycles. The summed E-state index contributed by atoms with van der Waals surface area (Å²) in [5.41, 5.74) is 0. The molecule has 0 aliphatic carbocycles. The van der Waals surface area contributed by atoms with E-state index >= 15 is 0 Å². The second kappa shape index (κ2) is 4.01. The van der Waals surface area contributed by atoms with Gasteiger partial charge in [-0.15, -0.1) is 24.0 Å². The van der Waals surface area contributed by atoms with Gasteiger partial charge in [0.1, 0.15) is 0 Å². The number of fused-ring (bicyclic) bond motifs is 1. The first-order valence-electron chi connectivity index (χ1n) is 4.25. The lowest BCUT2D eigenvalue weighted by Crippen LogP contribution is -1.93. The first-order valence-corrected chi connectivity index (χ1v) is 5.96. The van der Waals surface area contributed by atoms with E-state index in [0.717, 1.165) is 20.7 Å². The zero-order chi connectivity index (χ0) is 10.1. The van der Waals surface area contributed by atoms with Gasteiger partial charge >= 0.3 is 0 Å². The number of thiol groups is 1. The molecule has 74 valence electrons. The highest BCUT2D eigenvalue weighted by Gasteiger charge is 2.11. The summed E-state index contributed by atoms with van der Waals surface area (Å²) in [7, 11) is 0. The lowest BCUT2D eigenvalue weighted by Gasteiger charge is -2.08. The van der Waals surface area contributed by atoms with Gasteiger partial charge in [0.05, 0.1) is 21.2 Å². The molecule has 1 nitrogen and oxygen atoms in total. The van der Waals surface area contributed by atoms with Crippen LogP contribution in [-0.4, -0.2) is 6.61 Å². The Balaban J connectivity index is 2.73. The molecule has 0 aliphatic heterocycles. The highest BCUT2D eigenvalue weighted by molar-refractivity contribution is 7.80. The Morgan fingerprint density at radius 2 is 2.36 bits per heavy atom. The van der Waals surface area contributed by atoms with E-state index in [-0.39, 0.29) is 0 Å². The summed E-state index contributed by atoms with van der Waals surface area (Å²) in [6, 6.07) is 3.94. The van der Waals surface area contributed by atoms with Crippen molar-refractivity contribution in [2.75, 3.05) is 6.61 Å². The highest BCUT2D eigenvalue weighted by Crippen LogP contribution is 2.40. The van der Waals surface area contributed by atoms with Crippen molar-refractivity contribution < 1.29 is 4.74 Å². The molecule has 14 heavy (non-hydrogen) atoms. The van der Waals surface area contributed by atoms with Gasteiger partial charge in [0.25, 0.3) is 0 Å². The fraction of sp³-hybridized carbons (Fsp3) is 0.200. The molecule has 0 aliphatic rings. The summed E-state index contributed by atoms with van der Waals surface area (Å²) in [6.07, 6.45) is 0. The van der Waals surface area contributed by atoms with E-state index in [9.17, 15) is 0 Å². The summed E-state index contributed by atoms with van der Waals surface area (Å²) in [5.74, 6) is 0.799. The van der Waals surface area contributed by atoms with Gasteiger partial charge in [0.2, 0.25) is 0 Å². The predicted molar refractivity (Wildman–Crippen MR) is 65.3 cm³/mol. The van der Waals surface area contributed by atoms with Crippen molar-refractivity contribution >= 4 is 45.7 Å². The molecule has 1 heterocycles. The minimum atomic E-state index is 0.626. The third-order valence-corrected chi connectivity index (χ3v) is 3.72. The maximum absolute atomic E-state index is 6.03. The smallest absolute Gasteiger partial charge is 0.151 e. The average Bonchev–Trinajstić information content (AvgIpc) is 2.60. The fourth-order valence-corrected chi connectivity index (χ4v) is 2.72. The van der Waals surface area contributed by atoms with Gasteiger partial charge in [-0.1, -0.05) is 11.6 Å². The quantitative estimate of drug-likeness (QED) is 0.778. The Morgan fingerprint density at radius 1 is 1.57 bits per heavy atom. The number of hydrogen-bond acceptors (Lipinski definition) is 3. The Morgan fingerprint density at radius 3 is 3.07 bits per heavy atom. The first kappa shape index (κ1) is 10.1. The predicted octanol–water partition coefficient (Wildman–Crippen LogP) is 4.24. The van der Waals surface area contributed by atoms with Crippen LogP contribution in [0.4, 0.5) is 0 Å². The van der Waals surface area contributed by atoms with Crippen LogP contribution in [0, 0.1) is 0 Å². The summed E-state index contributed by atoms with van der Waals surface area (Å²) in [6.45, 7) is 2.58. The fourth-order valence-electron chi connectivity index (χ4n) is 1.32. The van der Waals surface area contributed by atoms with Crippen LogP contribution in [-0.2, 0) is 0 Å². The van der Waals surface area contributed by atoms with Crippen molar-refractivity contribution in [1.29, 1.82) is 0 Å². The van der Waals surface area contributed by atoms with Crippen LogP contribution in [0.3, 0.4) is 0 Å². The van der Waals surface area contributed by atoms with Crippen molar-refractivity contribution in [1.82, 2.24) is 0 Å². The molecule has 0 bridgehead atoms. The second-order valence-electron chi connectivity index (χ2n) is 2.81. The minimum Gasteiger partial charge on any atom is -0.491 e. The number of rotatable bonds is 2. The normalized spacial score (nSPS) is 10.8. The lowest BCUT2D eigenvalue weighted by atomic mass is 10.2. The first-order chi connectivity index (χ1) is 6.74. The number of ether oxygens (including phenoxy) is 1.